The Bertz CT molecular complexity index is 428. The second kappa shape index (κ2) is 7.21. The van der Waals surface area contributed by atoms with Crippen molar-refractivity contribution in [1.82, 2.24) is 4.90 Å². The van der Waals surface area contributed by atoms with Crippen molar-refractivity contribution in [3.63, 3.8) is 0 Å². The van der Waals surface area contributed by atoms with Crippen LogP contribution in [0.15, 0.2) is 24.3 Å². The van der Waals surface area contributed by atoms with E-state index in [0.29, 0.717) is 0 Å². The quantitative estimate of drug-likeness (QED) is 0.485. The molecule has 1 aliphatic heterocycles. The number of anilines is 1. The van der Waals surface area contributed by atoms with Crippen molar-refractivity contribution in [1.29, 1.82) is 0 Å². The van der Waals surface area contributed by atoms with E-state index in [4.69, 9.17) is 5.11 Å². The van der Waals surface area contributed by atoms with Gasteiger partial charge in [0.15, 0.2) is 0 Å². The average molecular weight is 279 g/mol. The maximum atomic E-state index is 10.6. The van der Waals surface area contributed by atoms with Gasteiger partial charge < -0.3 is 10.0 Å². The standard InChI is InChI=1S/C14H21N3O3/c18-12-2-1-7-15-8-10-16(11-9-15)13-3-5-14(6-4-13)17(19)20/h3-6,18H,1-2,7-12H2. The molecule has 110 valence electrons. The fraction of sp³-hybridized carbons (Fsp3) is 0.571. The van der Waals surface area contributed by atoms with E-state index in [1.807, 2.05) is 12.1 Å². The molecule has 0 aromatic heterocycles. The van der Waals surface area contributed by atoms with E-state index in [1.165, 1.54) is 0 Å². The number of piperazine rings is 1. The minimum absolute atomic E-state index is 0.136. The lowest BCUT2D eigenvalue weighted by Crippen LogP contribution is -2.46. The molecule has 0 bridgehead atoms. The van der Waals surface area contributed by atoms with Gasteiger partial charge in [0.2, 0.25) is 0 Å². The third kappa shape index (κ3) is 3.91. The first-order valence-corrected chi connectivity index (χ1v) is 7.03. The van der Waals surface area contributed by atoms with Crippen LogP contribution >= 0.6 is 0 Å². The molecular formula is C14H21N3O3. The van der Waals surface area contributed by atoms with Crippen molar-refractivity contribution in [3.8, 4) is 0 Å². The number of rotatable bonds is 6. The number of aliphatic hydroxyl groups is 1. The monoisotopic (exact) mass is 279 g/mol. The molecule has 6 nitrogen and oxygen atoms in total. The van der Waals surface area contributed by atoms with Crippen LogP contribution in [0.1, 0.15) is 12.8 Å². The van der Waals surface area contributed by atoms with Gasteiger partial charge in [-0.25, -0.2) is 0 Å². The molecule has 20 heavy (non-hydrogen) atoms. The van der Waals surface area contributed by atoms with E-state index in [1.54, 1.807) is 12.1 Å². The third-order valence-electron chi connectivity index (χ3n) is 3.68. The van der Waals surface area contributed by atoms with E-state index in [9.17, 15) is 10.1 Å². The zero-order valence-corrected chi connectivity index (χ0v) is 11.6. The van der Waals surface area contributed by atoms with Crippen LogP contribution in [0.25, 0.3) is 0 Å². The average Bonchev–Trinajstić information content (AvgIpc) is 2.48. The zero-order chi connectivity index (χ0) is 14.4. The first-order valence-electron chi connectivity index (χ1n) is 7.03. The van der Waals surface area contributed by atoms with Gasteiger partial charge in [0.05, 0.1) is 4.92 Å². The van der Waals surface area contributed by atoms with Gasteiger partial charge in [0, 0.05) is 50.6 Å². The summed E-state index contributed by atoms with van der Waals surface area (Å²) < 4.78 is 0. The predicted molar refractivity (Wildman–Crippen MR) is 78.1 cm³/mol. The second-order valence-electron chi connectivity index (χ2n) is 5.03. The topological polar surface area (TPSA) is 69.9 Å². The van der Waals surface area contributed by atoms with Crippen LogP contribution in [0.5, 0.6) is 0 Å². The molecule has 6 heteroatoms. The highest BCUT2D eigenvalue weighted by Crippen LogP contribution is 2.20. The SMILES string of the molecule is O=[N+]([O-])c1ccc(N2CCN(CCCCO)CC2)cc1. The smallest absolute Gasteiger partial charge is 0.269 e. The summed E-state index contributed by atoms with van der Waals surface area (Å²) in [6.45, 7) is 5.19. The molecule has 0 radical (unpaired) electrons. The summed E-state index contributed by atoms with van der Waals surface area (Å²) in [6, 6.07) is 6.75. The van der Waals surface area contributed by atoms with Crippen LogP contribution in [-0.2, 0) is 0 Å². The maximum absolute atomic E-state index is 10.6. The number of hydrogen-bond acceptors (Lipinski definition) is 5. The molecule has 1 heterocycles. The van der Waals surface area contributed by atoms with Gasteiger partial charge in [-0.3, -0.25) is 15.0 Å². The summed E-state index contributed by atoms with van der Waals surface area (Å²) in [5.74, 6) is 0. The second-order valence-corrected chi connectivity index (χ2v) is 5.03. The molecule has 0 unspecified atom stereocenters. The number of nitrogens with zero attached hydrogens (tertiary/aromatic N) is 3. The lowest BCUT2D eigenvalue weighted by molar-refractivity contribution is -0.384. The van der Waals surface area contributed by atoms with Crippen LogP contribution in [0.4, 0.5) is 11.4 Å². The molecule has 0 saturated carbocycles. The molecule has 1 N–H and O–H groups in total. The van der Waals surface area contributed by atoms with Gasteiger partial charge in [-0.1, -0.05) is 0 Å². The van der Waals surface area contributed by atoms with Gasteiger partial charge in [-0.2, -0.15) is 0 Å². The number of unbranched alkanes of at least 4 members (excludes halogenated alkanes) is 1. The maximum Gasteiger partial charge on any atom is 0.269 e. The van der Waals surface area contributed by atoms with Crippen molar-refractivity contribution in [2.24, 2.45) is 0 Å². The minimum Gasteiger partial charge on any atom is -0.396 e. The third-order valence-corrected chi connectivity index (χ3v) is 3.68. The molecule has 1 aromatic rings. The van der Waals surface area contributed by atoms with Crippen molar-refractivity contribution >= 4 is 11.4 Å². The summed E-state index contributed by atoms with van der Waals surface area (Å²) >= 11 is 0. The van der Waals surface area contributed by atoms with Crippen molar-refractivity contribution < 1.29 is 10.0 Å². The van der Waals surface area contributed by atoms with Crippen molar-refractivity contribution in [2.45, 2.75) is 12.8 Å². The zero-order valence-electron chi connectivity index (χ0n) is 11.6. The molecule has 1 aromatic carbocycles. The fourth-order valence-electron chi connectivity index (χ4n) is 2.46. The highest BCUT2D eigenvalue weighted by molar-refractivity contribution is 5.51. The number of hydrogen-bond donors (Lipinski definition) is 1. The molecule has 0 atom stereocenters. The van der Waals surface area contributed by atoms with Gasteiger partial charge in [0.25, 0.3) is 5.69 Å². The number of non-ortho nitro benzene ring substituents is 1. The number of nitro groups is 1. The molecular weight excluding hydrogens is 258 g/mol. The number of benzene rings is 1. The first-order chi connectivity index (χ1) is 9.70. The molecule has 0 spiro atoms. The summed E-state index contributed by atoms with van der Waals surface area (Å²) in [6.07, 6.45) is 1.90. The van der Waals surface area contributed by atoms with Crippen molar-refractivity contribution in [3.05, 3.63) is 34.4 Å². The summed E-state index contributed by atoms with van der Waals surface area (Å²) in [5.41, 5.74) is 1.18. The molecule has 1 aliphatic rings. The molecule has 0 aliphatic carbocycles. The van der Waals surface area contributed by atoms with Gasteiger partial charge in [-0.15, -0.1) is 0 Å². The highest BCUT2D eigenvalue weighted by atomic mass is 16.6. The van der Waals surface area contributed by atoms with E-state index in [2.05, 4.69) is 9.80 Å². The number of nitro benzene ring substituents is 1. The minimum atomic E-state index is -0.372. The lowest BCUT2D eigenvalue weighted by Gasteiger charge is -2.36. The summed E-state index contributed by atoms with van der Waals surface area (Å²) in [5, 5.41) is 19.4. The van der Waals surface area contributed by atoms with Gasteiger partial charge >= 0.3 is 0 Å². The highest BCUT2D eigenvalue weighted by Gasteiger charge is 2.17. The molecule has 1 saturated heterocycles. The van der Waals surface area contributed by atoms with Crippen LogP contribution in [-0.4, -0.2) is 54.3 Å². The Hall–Kier alpha value is -1.66. The first kappa shape index (κ1) is 14.7. The summed E-state index contributed by atoms with van der Waals surface area (Å²) in [7, 11) is 0. The van der Waals surface area contributed by atoms with Crippen LogP contribution in [0.3, 0.4) is 0 Å². The van der Waals surface area contributed by atoms with Crippen molar-refractivity contribution in [2.75, 3.05) is 44.2 Å². The van der Waals surface area contributed by atoms with Gasteiger partial charge in [0.1, 0.15) is 0 Å². The van der Waals surface area contributed by atoms with Crippen LogP contribution < -0.4 is 4.90 Å². The van der Waals surface area contributed by atoms with Crippen LogP contribution in [0.2, 0.25) is 0 Å². The summed E-state index contributed by atoms with van der Waals surface area (Å²) in [4.78, 5) is 14.9. The lowest BCUT2D eigenvalue weighted by atomic mass is 10.2. The Balaban J connectivity index is 1.82. The Kier molecular flexibility index (Phi) is 5.31. The Morgan fingerprint density at radius 1 is 1.10 bits per heavy atom. The predicted octanol–water partition coefficient (Wildman–Crippen LogP) is 1.49. The molecule has 2 rings (SSSR count). The van der Waals surface area contributed by atoms with E-state index in [0.717, 1.165) is 51.3 Å². The molecule has 0 amide bonds. The Morgan fingerprint density at radius 3 is 2.30 bits per heavy atom. The number of aliphatic hydroxyl groups excluding tert-OH is 1. The molecule has 1 fully saturated rings. The Labute approximate surface area is 118 Å². The fourth-order valence-corrected chi connectivity index (χ4v) is 2.46. The normalized spacial score (nSPS) is 16.4. The van der Waals surface area contributed by atoms with Crippen LogP contribution in [0, 0.1) is 10.1 Å². The van der Waals surface area contributed by atoms with E-state index < -0.39 is 0 Å². The Morgan fingerprint density at radius 2 is 1.75 bits per heavy atom. The van der Waals surface area contributed by atoms with E-state index in [-0.39, 0.29) is 17.2 Å². The van der Waals surface area contributed by atoms with E-state index >= 15 is 0 Å². The largest absolute Gasteiger partial charge is 0.396 e. The van der Waals surface area contributed by atoms with Gasteiger partial charge in [-0.05, 0) is 31.5 Å².